The summed E-state index contributed by atoms with van der Waals surface area (Å²) in [6.45, 7) is 0.362. The first-order valence-corrected chi connectivity index (χ1v) is 11.7. The van der Waals surface area contributed by atoms with Gasteiger partial charge in [-0.25, -0.2) is 9.67 Å². The monoisotopic (exact) mass is 487 g/mol. The van der Waals surface area contributed by atoms with Crippen molar-refractivity contribution in [1.29, 1.82) is 0 Å². The van der Waals surface area contributed by atoms with Gasteiger partial charge >= 0.3 is 5.97 Å². The first-order chi connectivity index (χ1) is 17.1. The van der Waals surface area contributed by atoms with E-state index in [2.05, 4.69) is 15.4 Å². The molecule has 0 aliphatic carbocycles. The van der Waals surface area contributed by atoms with Gasteiger partial charge in [-0.15, -0.1) is 11.3 Å². The molecule has 1 N–H and O–H groups in total. The van der Waals surface area contributed by atoms with Gasteiger partial charge in [0.1, 0.15) is 12.3 Å². The SMILES string of the molecule is COC(=O)CC(NC(=O)c1cc(-c2cccnc2)nc2c1cnn2Cc1ccco1)c1cccs1. The number of fused-ring (bicyclic) bond motifs is 1. The van der Waals surface area contributed by atoms with E-state index in [9.17, 15) is 9.59 Å². The number of nitrogens with one attached hydrogen (secondary N) is 1. The van der Waals surface area contributed by atoms with E-state index in [1.54, 1.807) is 41.7 Å². The van der Waals surface area contributed by atoms with E-state index in [-0.39, 0.29) is 12.3 Å². The number of hydrogen-bond donors (Lipinski definition) is 1. The lowest BCUT2D eigenvalue weighted by molar-refractivity contribution is -0.141. The quantitative estimate of drug-likeness (QED) is 0.326. The van der Waals surface area contributed by atoms with Crippen molar-refractivity contribution in [2.24, 2.45) is 0 Å². The van der Waals surface area contributed by atoms with E-state index in [1.165, 1.54) is 18.4 Å². The highest BCUT2D eigenvalue weighted by molar-refractivity contribution is 7.10. The minimum absolute atomic E-state index is 0.0181. The minimum Gasteiger partial charge on any atom is -0.469 e. The first-order valence-electron chi connectivity index (χ1n) is 10.8. The second kappa shape index (κ2) is 9.90. The van der Waals surface area contributed by atoms with Crippen LogP contribution in [0.2, 0.25) is 0 Å². The van der Waals surface area contributed by atoms with Crippen molar-refractivity contribution in [3.63, 3.8) is 0 Å². The van der Waals surface area contributed by atoms with E-state index in [0.29, 0.717) is 34.6 Å². The fourth-order valence-corrected chi connectivity index (χ4v) is 4.54. The largest absolute Gasteiger partial charge is 0.469 e. The van der Waals surface area contributed by atoms with Crippen molar-refractivity contribution in [1.82, 2.24) is 25.1 Å². The van der Waals surface area contributed by atoms with Gasteiger partial charge < -0.3 is 14.5 Å². The fraction of sp³-hybridized carbons (Fsp3) is 0.160. The normalized spacial score (nSPS) is 11.9. The lowest BCUT2D eigenvalue weighted by Crippen LogP contribution is -2.30. The number of furan rings is 1. The maximum Gasteiger partial charge on any atom is 0.307 e. The number of carbonyl (C=O) groups excluding carboxylic acids is 2. The van der Waals surface area contributed by atoms with Gasteiger partial charge in [-0.05, 0) is 41.8 Å². The molecule has 1 amide bonds. The maximum atomic E-state index is 13.6. The summed E-state index contributed by atoms with van der Waals surface area (Å²) in [6, 6.07) is 12.3. The number of esters is 1. The molecule has 1 unspecified atom stereocenters. The Kier molecular flexibility index (Phi) is 6.36. The molecule has 5 aromatic heterocycles. The highest BCUT2D eigenvalue weighted by Gasteiger charge is 2.24. The molecule has 0 fully saturated rings. The number of rotatable bonds is 8. The van der Waals surface area contributed by atoms with E-state index in [4.69, 9.17) is 14.1 Å². The summed E-state index contributed by atoms with van der Waals surface area (Å²) in [7, 11) is 1.33. The Hall–Kier alpha value is -4.31. The number of hydrogen-bond acceptors (Lipinski definition) is 8. The maximum absolute atomic E-state index is 13.6. The predicted octanol–water partition coefficient (Wildman–Crippen LogP) is 4.23. The van der Waals surface area contributed by atoms with E-state index < -0.39 is 12.0 Å². The Morgan fingerprint density at radius 1 is 1.20 bits per heavy atom. The summed E-state index contributed by atoms with van der Waals surface area (Å²) in [5.41, 5.74) is 2.27. The lowest BCUT2D eigenvalue weighted by Gasteiger charge is -2.17. The van der Waals surface area contributed by atoms with E-state index in [0.717, 1.165) is 10.4 Å². The van der Waals surface area contributed by atoms with Crippen LogP contribution in [0.15, 0.2) is 77.1 Å². The molecule has 0 radical (unpaired) electrons. The smallest absolute Gasteiger partial charge is 0.307 e. The molecule has 10 heteroatoms. The van der Waals surface area contributed by atoms with E-state index >= 15 is 0 Å². The molecule has 1 atom stereocenters. The summed E-state index contributed by atoms with van der Waals surface area (Å²) in [5.74, 6) is -0.0429. The average molecular weight is 488 g/mol. The first kappa shape index (κ1) is 22.5. The van der Waals surface area contributed by atoms with Crippen molar-refractivity contribution in [3.05, 3.63) is 88.9 Å². The summed E-state index contributed by atoms with van der Waals surface area (Å²) < 4.78 is 12.0. The van der Waals surface area contributed by atoms with Crippen LogP contribution in [0.1, 0.15) is 33.5 Å². The van der Waals surface area contributed by atoms with Crippen LogP contribution in [0.5, 0.6) is 0 Å². The van der Waals surface area contributed by atoms with Crippen LogP contribution in [-0.2, 0) is 16.1 Å². The van der Waals surface area contributed by atoms with Crippen LogP contribution in [0.25, 0.3) is 22.3 Å². The molecule has 5 rings (SSSR count). The molecular formula is C25H21N5O4S. The zero-order chi connectivity index (χ0) is 24.2. The third-order valence-corrected chi connectivity index (χ3v) is 6.47. The topological polar surface area (TPSA) is 112 Å². The van der Waals surface area contributed by atoms with Crippen molar-refractivity contribution >= 4 is 34.2 Å². The molecule has 0 aromatic carbocycles. The van der Waals surface area contributed by atoms with Crippen LogP contribution >= 0.6 is 11.3 Å². The van der Waals surface area contributed by atoms with Crippen LogP contribution in [0, 0.1) is 0 Å². The van der Waals surface area contributed by atoms with Gasteiger partial charge in [-0.1, -0.05) is 6.07 Å². The van der Waals surface area contributed by atoms with Gasteiger partial charge in [0.25, 0.3) is 5.91 Å². The number of nitrogens with zero attached hydrogens (tertiary/aromatic N) is 4. The van der Waals surface area contributed by atoms with Crippen LogP contribution in [0.3, 0.4) is 0 Å². The molecule has 0 saturated carbocycles. The second-order valence-corrected chi connectivity index (χ2v) is 8.72. The number of amides is 1. The molecule has 176 valence electrons. The van der Waals surface area contributed by atoms with Gasteiger partial charge in [0.05, 0.1) is 48.7 Å². The van der Waals surface area contributed by atoms with Crippen molar-refractivity contribution < 1.29 is 18.7 Å². The third kappa shape index (κ3) is 4.82. The highest BCUT2D eigenvalue weighted by Crippen LogP contribution is 2.27. The van der Waals surface area contributed by atoms with Crippen molar-refractivity contribution in [2.45, 2.75) is 19.0 Å². The Labute approximate surface area is 204 Å². The Morgan fingerprint density at radius 2 is 2.11 bits per heavy atom. The van der Waals surface area contributed by atoms with Crippen LogP contribution < -0.4 is 5.32 Å². The van der Waals surface area contributed by atoms with Gasteiger partial charge in [0.2, 0.25) is 0 Å². The molecule has 5 heterocycles. The van der Waals surface area contributed by atoms with Crippen molar-refractivity contribution in [3.8, 4) is 11.3 Å². The molecule has 5 aromatic rings. The third-order valence-electron chi connectivity index (χ3n) is 5.49. The number of thiophene rings is 1. The van der Waals surface area contributed by atoms with Gasteiger partial charge in [-0.3, -0.25) is 14.6 Å². The summed E-state index contributed by atoms with van der Waals surface area (Å²) in [4.78, 5) is 35.4. The summed E-state index contributed by atoms with van der Waals surface area (Å²) in [5, 5.41) is 9.95. The highest BCUT2D eigenvalue weighted by atomic mass is 32.1. The minimum atomic E-state index is -0.529. The van der Waals surface area contributed by atoms with Gasteiger partial charge in [0, 0.05) is 22.8 Å². The Bertz CT molecular complexity index is 1450. The molecule has 0 aliphatic heterocycles. The molecule has 0 saturated heterocycles. The molecule has 35 heavy (non-hydrogen) atoms. The number of methoxy groups -OCH3 is 1. The molecule has 0 spiro atoms. The van der Waals surface area contributed by atoms with Crippen molar-refractivity contribution in [2.75, 3.05) is 7.11 Å². The molecule has 0 bridgehead atoms. The van der Waals surface area contributed by atoms with E-state index in [1.807, 2.05) is 35.7 Å². The predicted molar refractivity (Wildman–Crippen MR) is 130 cm³/mol. The van der Waals surface area contributed by atoms with Gasteiger partial charge in [0.15, 0.2) is 5.65 Å². The molecule has 0 aliphatic rings. The Balaban J connectivity index is 1.56. The number of aromatic nitrogens is 4. The lowest BCUT2D eigenvalue weighted by atomic mass is 10.1. The van der Waals surface area contributed by atoms with Gasteiger partial charge in [-0.2, -0.15) is 5.10 Å². The Morgan fingerprint density at radius 3 is 2.83 bits per heavy atom. The number of ether oxygens (including phenoxy) is 1. The van der Waals surface area contributed by atoms with Crippen LogP contribution in [0.4, 0.5) is 0 Å². The van der Waals surface area contributed by atoms with Crippen LogP contribution in [-0.4, -0.2) is 38.7 Å². The zero-order valence-electron chi connectivity index (χ0n) is 18.7. The zero-order valence-corrected chi connectivity index (χ0v) is 19.6. The standard InChI is InChI=1S/C25H21N5O4S/c1-33-23(31)12-21(22-7-4-10-35-22)29-25(32)18-11-20(16-5-2-8-26-13-16)28-24-19(18)14-27-30(24)15-17-6-3-9-34-17/h2-11,13-14,21H,12,15H2,1H3,(H,29,32). The fourth-order valence-electron chi connectivity index (χ4n) is 3.76. The molecular weight excluding hydrogens is 466 g/mol. The summed E-state index contributed by atoms with van der Waals surface area (Å²) >= 11 is 1.46. The average Bonchev–Trinajstić information content (AvgIpc) is 3.67. The number of carbonyl (C=O) groups is 2. The molecule has 9 nitrogen and oxygen atoms in total. The second-order valence-electron chi connectivity index (χ2n) is 7.74. The summed E-state index contributed by atoms with van der Waals surface area (Å²) in [6.07, 6.45) is 6.60. The number of pyridine rings is 2.